The molecule has 0 N–H and O–H groups in total. The number of pyridine rings is 1. The molecule has 4 heteroatoms. The van der Waals surface area contributed by atoms with Gasteiger partial charge in [0.05, 0.1) is 11.2 Å². The fourth-order valence-corrected chi connectivity index (χ4v) is 4.63. The molecule has 1 fully saturated rings. The van der Waals surface area contributed by atoms with Crippen LogP contribution >= 0.6 is 0 Å². The minimum atomic E-state index is -0.353. The first-order valence-corrected chi connectivity index (χ1v) is 10.7. The van der Waals surface area contributed by atoms with Crippen molar-refractivity contribution in [1.82, 2.24) is 4.98 Å². The van der Waals surface area contributed by atoms with Crippen molar-refractivity contribution in [2.24, 2.45) is 0 Å². The van der Waals surface area contributed by atoms with Crippen molar-refractivity contribution in [3.63, 3.8) is 0 Å². The average molecular weight is 397 g/mol. The van der Waals surface area contributed by atoms with Crippen molar-refractivity contribution >= 4 is 12.6 Å². The Morgan fingerprint density at radius 3 is 2.00 bits per heavy atom. The lowest BCUT2D eigenvalue weighted by molar-refractivity contribution is 0.00578. The number of benzene rings is 2. The zero-order valence-corrected chi connectivity index (χ0v) is 18.6. The van der Waals surface area contributed by atoms with Gasteiger partial charge in [0.25, 0.3) is 0 Å². The Morgan fingerprint density at radius 2 is 1.37 bits per heavy atom. The van der Waals surface area contributed by atoms with Crippen LogP contribution in [0.5, 0.6) is 0 Å². The van der Waals surface area contributed by atoms with Crippen LogP contribution in [0.2, 0.25) is 0 Å². The summed E-state index contributed by atoms with van der Waals surface area (Å²) in [6, 6.07) is 17.5. The molecule has 30 heavy (non-hydrogen) atoms. The third kappa shape index (κ3) is 2.78. The van der Waals surface area contributed by atoms with Gasteiger partial charge in [-0.05, 0) is 73.1 Å². The van der Waals surface area contributed by atoms with Gasteiger partial charge in [-0.25, -0.2) is 0 Å². The highest BCUT2D eigenvalue weighted by molar-refractivity contribution is 6.62. The summed E-state index contributed by atoms with van der Waals surface area (Å²) in [7, 11) is -0.353. The largest absolute Gasteiger partial charge is 0.494 e. The fourth-order valence-electron chi connectivity index (χ4n) is 4.63. The first-order chi connectivity index (χ1) is 14.1. The quantitative estimate of drug-likeness (QED) is 0.546. The molecule has 2 aliphatic rings. The highest BCUT2D eigenvalue weighted by Crippen LogP contribution is 2.49. The van der Waals surface area contributed by atoms with E-state index in [0.29, 0.717) is 0 Å². The van der Waals surface area contributed by atoms with E-state index in [4.69, 9.17) is 9.31 Å². The van der Waals surface area contributed by atoms with Crippen molar-refractivity contribution in [3.05, 3.63) is 72.1 Å². The highest BCUT2D eigenvalue weighted by atomic mass is 16.7. The molecule has 2 aromatic carbocycles. The lowest BCUT2D eigenvalue weighted by atomic mass is 9.76. The predicted octanol–water partition coefficient (Wildman–Crippen LogP) is 5.35. The molecule has 0 spiro atoms. The molecular weight excluding hydrogens is 369 g/mol. The molecule has 0 unspecified atom stereocenters. The monoisotopic (exact) mass is 397 g/mol. The Morgan fingerprint density at radius 1 is 0.733 bits per heavy atom. The molecule has 0 amide bonds. The lowest BCUT2D eigenvalue weighted by Gasteiger charge is -2.32. The SMILES string of the molecule is CC1(C)c2ccc(B3OC(C)(C)C(C)(C)O3)cc2-c2cc(-c3cccnc3)ccc21. The van der Waals surface area contributed by atoms with Crippen molar-refractivity contribution in [2.45, 2.75) is 58.2 Å². The minimum absolute atomic E-state index is 0.0351. The molecule has 3 nitrogen and oxygen atoms in total. The summed E-state index contributed by atoms with van der Waals surface area (Å²) in [4.78, 5) is 4.29. The zero-order valence-electron chi connectivity index (χ0n) is 18.6. The van der Waals surface area contributed by atoms with Gasteiger partial charge in [0.15, 0.2) is 0 Å². The van der Waals surface area contributed by atoms with Crippen molar-refractivity contribution in [2.75, 3.05) is 0 Å². The summed E-state index contributed by atoms with van der Waals surface area (Å²) in [5.41, 5.74) is 7.93. The van der Waals surface area contributed by atoms with Gasteiger partial charge in [-0.15, -0.1) is 0 Å². The molecule has 0 radical (unpaired) electrons. The Labute approximate surface area is 179 Å². The van der Waals surface area contributed by atoms with Crippen LogP contribution in [0.3, 0.4) is 0 Å². The normalized spacial score (nSPS) is 20.1. The van der Waals surface area contributed by atoms with Crippen LogP contribution in [0, 0.1) is 0 Å². The molecule has 5 rings (SSSR count). The second-order valence-corrected chi connectivity index (χ2v) is 10.0. The maximum atomic E-state index is 6.31. The molecule has 1 saturated heterocycles. The summed E-state index contributed by atoms with van der Waals surface area (Å²) in [5, 5.41) is 0. The van der Waals surface area contributed by atoms with Crippen LogP contribution in [0.4, 0.5) is 0 Å². The maximum absolute atomic E-state index is 6.31. The third-order valence-electron chi connectivity index (χ3n) is 7.22. The first kappa shape index (κ1) is 19.5. The second-order valence-electron chi connectivity index (χ2n) is 10.0. The summed E-state index contributed by atoms with van der Waals surface area (Å²) >= 11 is 0. The van der Waals surface area contributed by atoms with Crippen LogP contribution in [0.25, 0.3) is 22.3 Å². The highest BCUT2D eigenvalue weighted by Gasteiger charge is 2.52. The molecule has 0 saturated carbocycles. The first-order valence-electron chi connectivity index (χ1n) is 10.7. The van der Waals surface area contributed by atoms with Crippen LogP contribution in [0.15, 0.2) is 60.9 Å². The summed E-state index contributed by atoms with van der Waals surface area (Å²) in [6.45, 7) is 13.0. The van der Waals surface area contributed by atoms with Crippen LogP contribution in [-0.2, 0) is 14.7 Å². The molecule has 2 heterocycles. The van der Waals surface area contributed by atoms with Gasteiger partial charge >= 0.3 is 7.12 Å². The number of rotatable bonds is 2. The Bertz CT molecular complexity index is 1120. The van der Waals surface area contributed by atoms with E-state index in [1.807, 2.05) is 18.5 Å². The van der Waals surface area contributed by atoms with E-state index in [1.165, 1.54) is 27.8 Å². The van der Waals surface area contributed by atoms with Gasteiger partial charge in [0, 0.05) is 23.4 Å². The van der Waals surface area contributed by atoms with Crippen molar-refractivity contribution in [3.8, 4) is 22.3 Å². The minimum Gasteiger partial charge on any atom is -0.399 e. The predicted molar refractivity (Wildman–Crippen MR) is 123 cm³/mol. The average Bonchev–Trinajstić information content (AvgIpc) is 3.08. The van der Waals surface area contributed by atoms with Gasteiger partial charge in [-0.1, -0.05) is 50.2 Å². The van der Waals surface area contributed by atoms with Gasteiger partial charge in [0.2, 0.25) is 0 Å². The number of aromatic nitrogens is 1. The van der Waals surface area contributed by atoms with E-state index in [-0.39, 0.29) is 23.7 Å². The molecule has 3 aromatic rings. The van der Waals surface area contributed by atoms with Gasteiger partial charge in [-0.2, -0.15) is 0 Å². The molecule has 0 bridgehead atoms. The van der Waals surface area contributed by atoms with E-state index in [1.54, 1.807) is 0 Å². The smallest absolute Gasteiger partial charge is 0.399 e. The van der Waals surface area contributed by atoms with Crippen molar-refractivity contribution < 1.29 is 9.31 Å². The van der Waals surface area contributed by atoms with Gasteiger partial charge in [0.1, 0.15) is 0 Å². The van der Waals surface area contributed by atoms with Crippen LogP contribution < -0.4 is 5.46 Å². The fraction of sp³-hybridized carbons (Fsp3) is 0.346. The molecule has 1 aliphatic carbocycles. The second kappa shape index (κ2) is 6.29. The van der Waals surface area contributed by atoms with Gasteiger partial charge < -0.3 is 9.31 Å². The standard InChI is InChI=1S/C26H28BNO2/c1-24(2)22-11-9-17(18-8-7-13-28-16-18)14-20(22)21-15-19(10-12-23(21)24)27-29-25(3,4)26(5,6)30-27/h7-16H,1-6H3. The topological polar surface area (TPSA) is 31.4 Å². The number of nitrogens with zero attached hydrogens (tertiary/aromatic N) is 1. The van der Waals surface area contributed by atoms with Crippen molar-refractivity contribution in [1.29, 1.82) is 0 Å². The lowest BCUT2D eigenvalue weighted by Crippen LogP contribution is -2.41. The third-order valence-corrected chi connectivity index (χ3v) is 7.22. The van der Waals surface area contributed by atoms with Gasteiger partial charge in [-0.3, -0.25) is 4.98 Å². The van der Waals surface area contributed by atoms with E-state index in [9.17, 15) is 0 Å². The molecule has 152 valence electrons. The van der Waals surface area contributed by atoms with E-state index >= 15 is 0 Å². The Hall–Kier alpha value is -2.43. The summed E-state index contributed by atoms with van der Waals surface area (Å²) in [6.07, 6.45) is 3.73. The molecular formula is C26H28BNO2. The Kier molecular flexibility index (Phi) is 4.09. The number of hydrogen-bond donors (Lipinski definition) is 0. The Balaban J connectivity index is 1.61. The summed E-state index contributed by atoms with van der Waals surface area (Å²) < 4.78 is 12.6. The van der Waals surface area contributed by atoms with E-state index in [2.05, 4.69) is 89.0 Å². The zero-order chi connectivity index (χ0) is 21.3. The van der Waals surface area contributed by atoms with E-state index < -0.39 is 0 Å². The molecule has 1 aliphatic heterocycles. The van der Waals surface area contributed by atoms with Crippen LogP contribution in [0.1, 0.15) is 52.7 Å². The molecule has 1 aromatic heterocycles. The van der Waals surface area contributed by atoms with E-state index in [0.717, 1.165) is 11.0 Å². The number of fused-ring (bicyclic) bond motifs is 3. The molecule has 0 atom stereocenters. The van der Waals surface area contributed by atoms with Crippen LogP contribution in [-0.4, -0.2) is 23.3 Å². The maximum Gasteiger partial charge on any atom is 0.494 e. The summed E-state index contributed by atoms with van der Waals surface area (Å²) in [5.74, 6) is 0. The number of hydrogen-bond acceptors (Lipinski definition) is 3.